The summed E-state index contributed by atoms with van der Waals surface area (Å²) in [6.45, 7) is 11.4. The Kier molecular flexibility index (Phi) is 17.8. The monoisotopic (exact) mass is 968 g/mol. The standard InChI is InChI=1S/C57H77NO12/c1-10-39-26-33(2)25-34(3)27-50(66-8)53-51(67-9)29-36(5)57(64,70-53)54(61)55(62)58-24-16-15-21-44(58)56(63)69-52(37(6)45(59)32-46(39)60)35(4)28-38-22-23-47(49(30-38)65-7)68-48-31-40-17-11-12-18-41(40)42-19-13-14-20-43(42)48/h11-14,17-20,26,28,31,34,36-39,44-45,47,49-53,59,64H,10,15-16,21-25,27,29-30,32H2,1-9H3. The third kappa shape index (κ3) is 11.6. The molecule has 70 heavy (non-hydrogen) atoms. The molecule has 3 fully saturated rings. The average molecular weight is 968 g/mol. The Balaban J connectivity index is 1.18. The van der Waals surface area contributed by atoms with Gasteiger partial charge in [-0.15, -0.1) is 0 Å². The molecular weight excluding hydrogens is 891 g/mol. The van der Waals surface area contributed by atoms with Crippen LogP contribution >= 0.6 is 0 Å². The van der Waals surface area contributed by atoms with E-state index in [9.17, 15) is 29.4 Å². The van der Waals surface area contributed by atoms with Crippen LogP contribution in [0.5, 0.6) is 5.75 Å². The molecule has 13 heteroatoms. The highest BCUT2D eigenvalue weighted by Gasteiger charge is 2.56. The molecule has 14 atom stereocenters. The zero-order chi connectivity index (χ0) is 50.4. The van der Waals surface area contributed by atoms with Crippen molar-refractivity contribution in [3.05, 3.63) is 77.9 Å². The lowest BCUT2D eigenvalue weighted by Crippen LogP contribution is -2.64. The SMILES string of the molecule is CCC1C=C(C)CC(C)CC(OC)C2OC(O)(C(=O)C(=O)N3CCCCC3C(=O)OC(C(C)=CC3CCC(Oc4cc5ccccc5c5ccccc45)C(OC)C3)C(C)C(O)CC1=O)C(C)CC2OC. The summed E-state index contributed by atoms with van der Waals surface area (Å²) in [4.78, 5) is 58.8. The van der Waals surface area contributed by atoms with Crippen molar-refractivity contribution < 1.29 is 57.8 Å². The van der Waals surface area contributed by atoms with E-state index in [1.807, 2.05) is 51.1 Å². The zero-order valence-electron chi connectivity index (χ0n) is 42.8. The molecule has 2 bridgehead atoms. The molecule has 1 saturated carbocycles. The number of aliphatic hydroxyl groups excluding tert-OH is 1. The number of carbonyl (C=O) groups excluding carboxylic acids is 4. The highest BCUT2D eigenvalue weighted by Crippen LogP contribution is 2.41. The molecule has 4 aliphatic rings. The molecule has 3 aliphatic heterocycles. The van der Waals surface area contributed by atoms with Crippen LogP contribution in [0.25, 0.3) is 21.5 Å². The topological polar surface area (TPSA) is 167 Å². The van der Waals surface area contributed by atoms with Gasteiger partial charge in [0.25, 0.3) is 11.7 Å². The van der Waals surface area contributed by atoms with Gasteiger partial charge >= 0.3 is 5.97 Å². The number of allylic oxidation sites excluding steroid dienone is 3. The van der Waals surface area contributed by atoms with E-state index in [2.05, 4.69) is 43.3 Å². The molecule has 1 aliphatic carbocycles. The first-order valence-corrected chi connectivity index (χ1v) is 25.7. The van der Waals surface area contributed by atoms with Crippen LogP contribution in [-0.2, 0) is 42.9 Å². The van der Waals surface area contributed by atoms with Crippen LogP contribution in [0.3, 0.4) is 0 Å². The lowest BCUT2D eigenvalue weighted by molar-refractivity contribution is -0.302. The van der Waals surface area contributed by atoms with Crippen molar-refractivity contribution in [1.29, 1.82) is 0 Å². The van der Waals surface area contributed by atoms with Crippen molar-refractivity contribution in [3.8, 4) is 5.75 Å². The van der Waals surface area contributed by atoms with Crippen LogP contribution in [0.15, 0.2) is 77.9 Å². The Hall–Kier alpha value is -4.50. The molecule has 3 aromatic rings. The number of carbonyl (C=O) groups is 4. The number of amides is 1. The third-order valence-electron chi connectivity index (χ3n) is 15.9. The van der Waals surface area contributed by atoms with Gasteiger partial charge in [-0.3, -0.25) is 14.4 Å². The van der Waals surface area contributed by atoms with Crippen molar-refractivity contribution in [2.45, 2.75) is 167 Å². The van der Waals surface area contributed by atoms with Gasteiger partial charge in [0.1, 0.15) is 35.9 Å². The van der Waals surface area contributed by atoms with E-state index in [4.69, 9.17) is 28.4 Å². The molecule has 0 spiro atoms. The van der Waals surface area contributed by atoms with Crippen molar-refractivity contribution in [2.24, 2.45) is 29.6 Å². The molecule has 13 nitrogen and oxygen atoms in total. The Labute approximate surface area is 414 Å². The van der Waals surface area contributed by atoms with E-state index in [1.165, 1.54) is 4.90 Å². The Morgan fingerprint density at radius 3 is 2.20 bits per heavy atom. The second-order valence-corrected chi connectivity index (χ2v) is 20.9. The number of rotatable bonds is 8. The van der Waals surface area contributed by atoms with Gasteiger partial charge in [-0.1, -0.05) is 94.0 Å². The van der Waals surface area contributed by atoms with Crippen LogP contribution in [-0.4, -0.2) is 121 Å². The molecule has 2 N–H and O–H groups in total. The van der Waals surface area contributed by atoms with Gasteiger partial charge < -0.3 is 43.5 Å². The van der Waals surface area contributed by atoms with E-state index in [0.29, 0.717) is 50.5 Å². The molecule has 1 amide bonds. The van der Waals surface area contributed by atoms with Crippen LogP contribution in [0, 0.1) is 29.6 Å². The van der Waals surface area contributed by atoms with Crippen molar-refractivity contribution >= 4 is 45.0 Å². The van der Waals surface area contributed by atoms with E-state index in [-0.39, 0.29) is 55.6 Å². The summed E-state index contributed by atoms with van der Waals surface area (Å²) in [5.74, 6) is -6.74. The summed E-state index contributed by atoms with van der Waals surface area (Å²) < 4.78 is 37.5. The quantitative estimate of drug-likeness (QED) is 0.0955. The number of hydrogen-bond donors (Lipinski definition) is 2. The maximum absolute atomic E-state index is 14.6. The van der Waals surface area contributed by atoms with Gasteiger partial charge in [-0.2, -0.15) is 0 Å². The molecule has 0 aromatic heterocycles. The summed E-state index contributed by atoms with van der Waals surface area (Å²) >= 11 is 0. The normalized spacial score (nSPS) is 34.9. The third-order valence-corrected chi connectivity index (χ3v) is 15.9. The van der Waals surface area contributed by atoms with Gasteiger partial charge in [-0.25, -0.2) is 4.79 Å². The lowest BCUT2D eigenvalue weighted by Gasteiger charge is -2.47. The van der Waals surface area contributed by atoms with E-state index < -0.39 is 77.8 Å². The molecule has 14 unspecified atom stereocenters. The minimum atomic E-state index is -2.51. The van der Waals surface area contributed by atoms with Crippen LogP contribution in [0.4, 0.5) is 0 Å². The molecule has 2 saturated heterocycles. The van der Waals surface area contributed by atoms with Crippen LogP contribution in [0.1, 0.15) is 112 Å². The van der Waals surface area contributed by atoms with Crippen LogP contribution in [0.2, 0.25) is 0 Å². The minimum absolute atomic E-state index is 0.00390. The number of cyclic esters (lactones) is 1. The molecule has 7 rings (SSSR count). The number of ketones is 2. The number of Topliss-reactive ketones (excluding diaryl/α,β-unsaturated/α-hetero) is 2. The fourth-order valence-corrected chi connectivity index (χ4v) is 11.8. The van der Waals surface area contributed by atoms with E-state index in [1.54, 1.807) is 35.2 Å². The Morgan fingerprint density at radius 2 is 1.50 bits per heavy atom. The van der Waals surface area contributed by atoms with Gasteiger partial charge in [0.2, 0.25) is 5.79 Å². The van der Waals surface area contributed by atoms with Gasteiger partial charge in [-0.05, 0) is 118 Å². The number of esters is 1. The van der Waals surface area contributed by atoms with Crippen molar-refractivity contribution in [1.82, 2.24) is 4.90 Å². The highest BCUT2D eigenvalue weighted by molar-refractivity contribution is 6.39. The fourth-order valence-electron chi connectivity index (χ4n) is 11.8. The summed E-state index contributed by atoms with van der Waals surface area (Å²) in [5.41, 5.74) is 1.69. The number of hydrogen-bond acceptors (Lipinski definition) is 12. The van der Waals surface area contributed by atoms with Crippen molar-refractivity contribution in [2.75, 3.05) is 27.9 Å². The maximum atomic E-state index is 14.6. The van der Waals surface area contributed by atoms with E-state index in [0.717, 1.165) is 39.3 Å². The number of benzene rings is 3. The van der Waals surface area contributed by atoms with E-state index >= 15 is 0 Å². The summed E-state index contributed by atoms with van der Waals surface area (Å²) in [6.07, 6.45) is 4.47. The zero-order valence-corrected chi connectivity index (χ0v) is 42.8. The Morgan fingerprint density at radius 1 is 0.829 bits per heavy atom. The maximum Gasteiger partial charge on any atom is 0.329 e. The predicted octanol–water partition coefficient (Wildman–Crippen LogP) is 8.87. The first-order valence-electron chi connectivity index (χ1n) is 25.7. The minimum Gasteiger partial charge on any atom is -0.487 e. The number of aliphatic hydroxyl groups is 2. The van der Waals surface area contributed by atoms with Crippen LogP contribution < -0.4 is 4.74 Å². The number of ether oxygens (including phenoxy) is 6. The fraction of sp³-hybridized carbons (Fsp3) is 0.614. The molecule has 3 aromatic carbocycles. The van der Waals surface area contributed by atoms with Gasteiger partial charge in [0.05, 0.1) is 24.4 Å². The summed E-state index contributed by atoms with van der Waals surface area (Å²) in [6, 6.07) is 17.5. The largest absolute Gasteiger partial charge is 0.487 e. The summed E-state index contributed by atoms with van der Waals surface area (Å²) in [5, 5.41) is 28.5. The lowest BCUT2D eigenvalue weighted by atomic mass is 9.81. The molecule has 382 valence electrons. The number of nitrogens with zero attached hydrogens (tertiary/aromatic N) is 1. The Bertz CT molecular complexity index is 2400. The molecule has 3 heterocycles. The summed E-state index contributed by atoms with van der Waals surface area (Å²) in [7, 11) is 4.78. The number of methoxy groups -OCH3 is 3. The first-order chi connectivity index (χ1) is 33.5. The van der Waals surface area contributed by atoms with Crippen molar-refractivity contribution in [3.63, 3.8) is 0 Å². The first kappa shape index (κ1) is 53.3. The predicted molar refractivity (Wildman–Crippen MR) is 268 cm³/mol. The second-order valence-electron chi connectivity index (χ2n) is 20.9. The number of fused-ring (bicyclic) bond motifs is 6. The average Bonchev–Trinajstić information content (AvgIpc) is 3.36. The highest BCUT2D eigenvalue weighted by atomic mass is 16.7. The smallest absolute Gasteiger partial charge is 0.329 e. The van der Waals surface area contributed by atoms with Gasteiger partial charge in [0.15, 0.2) is 0 Å². The van der Waals surface area contributed by atoms with Gasteiger partial charge in [0, 0.05) is 57.4 Å². The second kappa shape index (κ2) is 23.4. The molecular formula is C57H77NO12. The number of piperidine rings is 1. The molecule has 0 radical (unpaired) electrons.